The average Bonchev–Trinajstić information content (AvgIpc) is 3.28. The van der Waals surface area contributed by atoms with Crippen LogP contribution in [0.2, 0.25) is 0 Å². The van der Waals surface area contributed by atoms with Crippen LogP contribution in [-0.4, -0.2) is 33.7 Å². The third kappa shape index (κ3) is 4.13. The van der Waals surface area contributed by atoms with Crippen molar-refractivity contribution in [3.8, 4) is 0 Å². The fraction of sp³-hybridized carbons (Fsp3) is 0.154. The summed E-state index contributed by atoms with van der Waals surface area (Å²) in [5.74, 6) is -0.860. The molecule has 1 heterocycles. The fourth-order valence-electron chi connectivity index (χ4n) is 4.18. The monoisotopic (exact) mass is 411 g/mol. The van der Waals surface area contributed by atoms with E-state index in [4.69, 9.17) is 5.11 Å². The Labute approximate surface area is 182 Å². The van der Waals surface area contributed by atoms with E-state index in [9.17, 15) is 4.79 Å². The van der Waals surface area contributed by atoms with Crippen LogP contribution in [0, 0.1) is 0 Å². The van der Waals surface area contributed by atoms with Crippen LogP contribution in [0.3, 0.4) is 0 Å². The first-order valence-electron chi connectivity index (χ1n) is 10.3. The van der Waals surface area contributed by atoms with E-state index in [1.807, 2.05) is 30.7 Å². The van der Waals surface area contributed by atoms with Crippen LogP contribution in [0.5, 0.6) is 0 Å². The lowest BCUT2D eigenvalue weighted by Gasteiger charge is -2.38. The van der Waals surface area contributed by atoms with Crippen LogP contribution in [0.15, 0.2) is 104 Å². The Balaban J connectivity index is 1.90. The van der Waals surface area contributed by atoms with Crippen molar-refractivity contribution in [1.29, 1.82) is 0 Å². The molecule has 0 unspecified atom stereocenters. The number of nitrogens with one attached hydrogen (secondary N) is 1. The Morgan fingerprint density at radius 2 is 1.32 bits per heavy atom. The summed E-state index contributed by atoms with van der Waals surface area (Å²) in [6.45, 7) is 0.488. The molecule has 4 aromatic rings. The Hall–Kier alpha value is -3.70. The molecule has 31 heavy (non-hydrogen) atoms. The van der Waals surface area contributed by atoms with Crippen LogP contribution in [0.4, 0.5) is 0 Å². The molecule has 0 aliphatic rings. The van der Waals surface area contributed by atoms with Crippen molar-refractivity contribution in [3.63, 3.8) is 0 Å². The molecule has 156 valence electrons. The van der Waals surface area contributed by atoms with Gasteiger partial charge in [0, 0.05) is 24.9 Å². The van der Waals surface area contributed by atoms with E-state index in [1.165, 1.54) is 0 Å². The first kappa shape index (κ1) is 20.6. The number of nitrogens with zero attached hydrogens (tertiary/aromatic N) is 2. The van der Waals surface area contributed by atoms with Crippen molar-refractivity contribution in [2.24, 2.45) is 0 Å². The molecule has 5 nitrogen and oxygen atoms in total. The SMILES string of the molecule is O=C(O)CNCCc1cncn1C(c1ccccc1)(c1ccccc1)c1ccccc1. The predicted octanol–water partition coefficient (Wildman–Crippen LogP) is 3.94. The van der Waals surface area contributed by atoms with Gasteiger partial charge in [0.2, 0.25) is 0 Å². The molecule has 0 saturated heterocycles. The predicted molar refractivity (Wildman–Crippen MR) is 121 cm³/mol. The maximum absolute atomic E-state index is 10.9. The highest BCUT2D eigenvalue weighted by Gasteiger charge is 2.39. The summed E-state index contributed by atoms with van der Waals surface area (Å²) < 4.78 is 2.22. The van der Waals surface area contributed by atoms with E-state index in [-0.39, 0.29) is 6.54 Å². The molecule has 0 radical (unpaired) electrons. The van der Waals surface area contributed by atoms with Gasteiger partial charge in [0.25, 0.3) is 0 Å². The van der Waals surface area contributed by atoms with E-state index < -0.39 is 11.5 Å². The van der Waals surface area contributed by atoms with Crippen molar-refractivity contribution >= 4 is 5.97 Å². The van der Waals surface area contributed by atoms with Crippen LogP contribution >= 0.6 is 0 Å². The van der Waals surface area contributed by atoms with Gasteiger partial charge in [-0.1, -0.05) is 91.0 Å². The van der Waals surface area contributed by atoms with Gasteiger partial charge in [-0.3, -0.25) is 4.79 Å². The number of hydrogen-bond acceptors (Lipinski definition) is 3. The lowest BCUT2D eigenvalue weighted by atomic mass is 9.76. The third-order valence-corrected chi connectivity index (χ3v) is 5.49. The standard InChI is InChI=1S/C26H25N3O2/c30-25(31)19-27-17-16-24-18-28-20-29(24)26(21-10-4-1-5-11-21,22-12-6-2-7-13-22)23-14-8-3-9-15-23/h1-15,18,20,27H,16-17,19H2,(H,30,31). The van der Waals surface area contributed by atoms with Gasteiger partial charge in [-0.2, -0.15) is 0 Å². The molecule has 0 aliphatic carbocycles. The highest BCUT2D eigenvalue weighted by atomic mass is 16.4. The lowest BCUT2D eigenvalue weighted by molar-refractivity contribution is -0.135. The zero-order chi connectivity index (χ0) is 21.5. The van der Waals surface area contributed by atoms with Gasteiger partial charge >= 0.3 is 5.97 Å². The van der Waals surface area contributed by atoms with Crippen molar-refractivity contribution in [2.75, 3.05) is 13.1 Å². The molecule has 0 spiro atoms. The third-order valence-electron chi connectivity index (χ3n) is 5.49. The van der Waals surface area contributed by atoms with Gasteiger partial charge in [0.15, 0.2) is 0 Å². The van der Waals surface area contributed by atoms with Gasteiger partial charge in [-0.05, 0) is 16.7 Å². The molecule has 0 bridgehead atoms. The largest absolute Gasteiger partial charge is 0.480 e. The second kappa shape index (κ2) is 9.41. The number of carboxylic acid groups (broad SMARTS) is 1. The Morgan fingerprint density at radius 1 is 0.839 bits per heavy atom. The normalized spacial score (nSPS) is 11.4. The summed E-state index contributed by atoms with van der Waals surface area (Å²) in [5, 5.41) is 11.9. The van der Waals surface area contributed by atoms with Gasteiger partial charge in [-0.25, -0.2) is 4.98 Å². The Morgan fingerprint density at radius 3 is 1.77 bits per heavy atom. The van der Waals surface area contributed by atoms with Gasteiger partial charge in [0.05, 0.1) is 12.9 Å². The molecule has 1 aromatic heterocycles. The fourth-order valence-corrected chi connectivity index (χ4v) is 4.18. The summed E-state index contributed by atoms with van der Waals surface area (Å²) in [6, 6.07) is 31.3. The highest BCUT2D eigenvalue weighted by molar-refractivity contribution is 5.69. The minimum atomic E-state index is -0.860. The van der Waals surface area contributed by atoms with E-state index in [0.29, 0.717) is 13.0 Å². The second-order valence-electron chi connectivity index (χ2n) is 7.38. The van der Waals surface area contributed by atoms with Gasteiger partial charge < -0.3 is 15.0 Å². The summed E-state index contributed by atoms with van der Waals surface area (Å²) >= 11 is 0. The van der Waals surface area contributed by atoms with Crippen LogP contribution in [0.1, 0.15) is 22.4 Å². The topological polar surface area (TPSA) is 67.2 Å². The molecular formula is C26H25N3O2. The van der Waals surface area contributed by atoms with Crippen molar-refractivity contribution in [1.82, 2.24) is 14.9 Å². The molecule has 0 aliphatic heterocycles. The number of aromatic nitrogens is 2. The second-order valence-corrected chi connectivity index (χ2v) is 7.38. The molecule has 0 amide bonds. The zero-order valence-corrected chi connectivity index (χ0v) is 17.2. The number of imidazole rings is 1. The molecule has 0 fully saturated rings. The average molecular weight is 412 g/mol. The number of hydrogen-bond donors (Lipinski definition) is 2. The van der Waals surface area contributed by atoms with Crippen LogP contribution in [0.25, 0.3) is 0 Å². The molecule has 5 heteroatoms. The smallest absolute Gasteiger partial charge is 0.317 e. The maximum atomic E-state index is 10.9. The van der Waals surface area contributed by atoms with Gasteiger partial charge in [0.1, 0.15) is 5.54 Å². The maximum Gasteiger partial charge on any atom is 0.317 e. The molecule has 4 rings (SSSR count). The number of aliphatic carboxylic acids is 1. The number of benzene rings is 3. The molecular weight excluding hydrogens is 386 g/mol. The van der Waals surface area contributed by atoms with Crippen LogP contribution < -0.4 is 5.32 Å². The molecule has 2 N–H and O–H groups in total. The highest BCUT2D eigenvalue weighted by Crippen LogP contribution is 2.41. The van der Waals surface area contributed by atoms with Crippen molar-refractivity contribution in [3.05, 3.63) is 126 Å². The van der Waals surface area contributed by atoms with Crippen molar-refractivity contribution in [2.45, 2.75) is 12.0 Å². The summed E-state index contributed by atoms with van der Waals surface area (Å²) in [4.78, 5) is 15.4. The summed E-state index contributed by atoms with van der Waals surface area (Å²) in [7, 11) is 0. The van der Waals surface area contributed by atoms with E-state index in [0.717, 1.165) is 22.4 Å². The van der Waals surface area contributed by atoms with Crippen molar-refractivity contribution < 1.29 is 9.90 Å². The van der Waals surface area contributed by atoms with Crippen LogP contribution in [-0.2, 0) is 16.8 Å². The number of rotatable bonds is 9. The van der Waals surface area contributed by atoms with E-state index >= 15 is 0 Å². The number of carbonyl (C=O) groups is 1. The summed E-state index contributed by atoms with van der Waals surface area (Å²) in [6.07, 6.45) is 4.40. The minimum Gasteiger partial charge on any atom is -0.480 e. The zero-order valence-electron chi connectivity index (χ0n) is 17.2. The first-order valence-corrected chi connectivity index (χ1v) is 10.3. The quantitative estimate of drug-likeness (QED) is 0.323. The lowest BCUT2D eigenvalue weighted by Crippen LogP contribution is -2.39. The van der Waals surface area contributed by atoms with Gasteiger partial charge in [-0.15, -0.1) is 0 Å². The van der Waals surface area contributed by atoms with E-state index in [2.05, 4.69) is 87.7 Å². The number of carboxylic acids is 1. The van der Waals surface area contributed by atoms with E-state index in [1.54, 1.807) is 0 Å². The minimum absolute atomic E-state index is 0.0602. The molecule has 0 saturated carbocycles. The first-order chi connectivity index (χ1) is 15.2. The molecule has 0 atom stereocenters. The molecule has 3 aromatic carbocycles. The Kier molecular flexibility index (Phi) is 6.24. The summed E-state index contributed by atoms with van der Waals surface area (Å²) in [5.41, 5.74) is 3.80. The Bertz CT molecular complexity index is 1010.